The van der Waals surface area contributed by atoms with E-state index >= 15 is 0 Å². The molecule has 4 atom stereocenters. The topological polar surface area (TPSA) is 4.36 Å². The van der Waals surface area contributed by atoms with Crippen molar-refractivity contribution in [1.82, 2.24) is 0 Å². The van der Waals surface area contributed by atoms with Crippen LogP contribution in [0.4, 0.5) is 0 Å². The Labute approximate surface area is 106 Å². The molecule has 17 heavy (non-hydrogen) atoms. The molecular formula is C16H25N. The van der Waals surface area contributed by atoms with E-state index in [9.17, 15) is 0 Å². The molecule has 0 aromatic heterocycles. The first-order chi connectivity index (χ1) is 7.98. The third kappa shape index (κ3) is 2.15. The van der Waals surface area contributed by atoms with Gasteiger partial charge < -0.3 is 4.85 Å². The largest absolute Gasteiger partial charge is 0.310 e. The van der Waals surface area contributed by atoms with Crippen LogP contribution in [0.1, 0.15) is 53.4 Å². The molecule has 0 heterocycles. The molecule has 0 radical (unpaired) electrons. The van der Waals surface area contributed by atoms with Crippen LogP contribution in [0.25, 0.3) is 4.85 Å². The van der Waals surface area contributed by atoms with Gasteiger partial charge in [0.1, 0.15) is 0 Å². The van der Waals surface area contributed by atoms with Gasteiger partial charge in [-0.1, -0.05) is 25.5 Å². The normalized spacial score (nSPS) is 41.6. The molecule has 2 aliphatic rings. The Morgan fingerprint density at radius 1 is 1.41 bits per heavy atom. The van der Waals surface area contributed by atoms with Crippen LogP contribution in [0.15, 0.2) is 11.6 Å². The van der Waals surface area contributed by atoms with Gasteiger partial charge in [-0.2, -0.15) is 0 Å². The Balaban J connectivity index is 2.33. The van der Waals surface area contributed by atoms with Gasteiger partial charge in [-0.3, -0.25) is 0 Å². The predicted molar refractivity (Wildman–Crippen MR) is 72.5 cm³/mol. The van der Waals surface area contributed by atoms with Crippen molar-refractivity contribution in [3.05, 3.63) is 23.1 Å². The van der Waals surface area contributed by atoms with Crippen LogP contribution in [0.5, 0.6) is 0 Å². The van der Waals surface area contributed by atoms with E-state index in [0.29, 0.717) is 11.8 Å². The van der Waals surface area contributed by atoms with Gasteiger partial charge >= 0.3 is 0 Å². The molecule has 0 spiro atoms. The fraction of sp³-hybridized carbons (Fsp3) is 0.812. The molecular weight excluding hydrogens is 206 g/mol. The SMILES string of the molecule is [C-]#[N+][C@@]1(C)CC[C@H](C(C)C)[C@@H]2C=C(C)CC[C@@H]21. The number of hydrogen-bond acceptors (Lipinski definition) is 0. The highest BCUT2D eigenvalue weighted by Gasteiger charge is 2.51. The molecule has 0 amide bonds. The highest BCUT2D eigenvalue weighted by atomic mass is 14.8. The van der Waals surface area contributed by atoms with Gasteiger partial charge in [0.2, 0.25) is 5.54 Å². The van der Waals surface area contributed by atoms with Gasteiger partial charge in [0, 0.05) is 19.3 Å². The number of fused-ring (bicyclic) bond motifs is 1. The third-order valence-electron chi connectivity index (χ3n) is 5.18. The number of hydrogen-bond donors (Lipinski definition) is 0. The smallest absolute Gasteiger partial charge is 0.233 e. The highest BCUT2D eigenvalue weighted by molar-refractivity contribution is 5.17. The average Bonchev–Trinajstić information content (AvgIpc) is 2.28. The van der Waals surface area contributed by atoms with Crippen molar-refractivity contribution in [1.29, 1.82) is 0 Å². The first-order valence-corrected chi connectivity index (χ1v) is 7.04. The Bertz CT molecular complexity index is 360. The fourth-order valence-corrected chi connectivity index (χ4v) is 4.00. The van der Waals surface area contributed by atoms with Crippen LogP contribution in [-0.4, -0.2) is 5.54 Å². The standard InChI is InChI=1S/C16H25N/c1-11(2)13-8-9-16(4,17-5)15-7-6-12(3)10-14(13)15/h10-11,13-15H,6-9H2,1-4H3/t13-,14+,15+,16+/m1/s1. The van der Waals surface area contributed by atoms with Gasteiger partial charge in [-0.15, -0.1) is 0 Å². The van der Waals surface area contributed by atoms with Crippen LogP contribution in [-0.2, 0) is 0 Å². The van der Waals surface area contributed by atoms with Crippen molar-refractivity contribution in [2.45, 2.75) is 58.9 Å². The van der Waals surface area contributed by atoms with Gasteiger partial charge in [0.25, 0.3) is 0 Å². The Morgan fingerprint density at radius 2 is 2.12 bits per heavy atom. The molecule has 1 heteroatoms. The zero-order valence-electron chi connectivity index (χ0n) is 11.7. The van der Waals surface area contributed by atoms with E-state index in [-0.39, 0.29) is 5.54 Å². The van der Waals surface area contributed by atoms with E-state index in [1.165, 1.54) is 19.3 Å². The second kappa shape index (κ2) is 4.48. The van der Waals surface area contributed by atoms with Gasteiger partial charge in [0.15, 0.2) is 0 Å². The van der Waals surface area contributed by atoms with Crippen LogP contribution in [0.2, 0.25) is 0 Å². The lowest BCUT2D eigenvalue weighted by Gasteiger charge is -2.45. The molecule has 1 fully saturated rings. The predicted octanol–water partition coefficient (Wildman–Crippen LogP) is 4.70. The summed E-state index contributed by atoms with van der Waals surface area (Å²) < 4.78 is 0. The third-order valence-corrected chi connectivity index (χ3v) is 5.18. The summed E-state index contributed by atoms with van der Waals surface area (Å²) in [5, 5.41) is 0. The molecule has 1 saturated carbocycles. The van der Waals surface area contributed by atoms with Crippen molar-refractivity contribution in [2.24, 2.45) is 23.7 Å². The van der Waals surface area contributed by atoms with Crippen molar-refractivity contribution in [2.75, 3.05) is 0 Å². The van der Waals surface area contributed by atoms with Gasteiger partial charge in [0.05, 0.1) is 0 Å². The first-order valence-electron chi connectivity index (χ1n) is 7.04. The van der Waals surface area contributed by atoms with Crippen molar-refractivity contribution in [3.63, 3.8) is 0 Å². The molecule has 0 aliphatic heterocycles. The first kappa shape index (κ1) is 12.7. The lowest BCUT2D eigenvalue weighted by atomic mass is 9.57. The molecule has 0 saturated heterocycles. The van der Waals surface area contributed by atoms with Gasteiger partial charge in [-0.05, 0) is 43.9 Å². The van der Waals surface area contributed by atoms with Crippen LogP contribution < -0.4 is 0 Å². The summed E-state index contributed by atoms with van der Waals surface area (Å²) in [6, 6.07) is 0. The minimum absolute atomic E-state index is 0.0900. The Morgan fingerprint density at radius 3 is 2.71 bits per heavy atom. The molecule has 0 N–H and O–H groups in total. The highest BCUT2D eigenvalue weighted by Crippen LogP contribution is 2.51. The lowest BCUT2D eigenvalue weighted by Crippen LogP contribution is -2.46. The zero-order chi connectivity index (χ0) is 12.6. The lowest BCUT2D eigenvalue weighted by molar-refractivity contribution is 0.0861. The minimum Gasteiger partial charge on any atom is -0.310 e. The monoisotopic (exact) mass is 231 g/mol. The molecule has 0 aromatic carbocycles. The van der Waals surface area contributed by atoms with E-state index in [1.54, 1.807) is 5.57 Å². The van der Waals surface area contributed by atoms with Crippen LogP contribution in [0.3, 0.4) is 0 Å². The maximum Gasteiger partial charge on any atom is 0.233 e. The van der Waals surface area contributed by atoms with Crippen molar-refractivity contribution < 1.29 is 0 Å². The molecule has 2 rings (SSSR count). The second-order valence-electron chi connectivity index (χ2n) is 6.65. The molecule has 2 aliphatic carbocycles. The van der Waals surface area contributed by atoms with Crippen molar-refractivity contribution >= 4 is 0 Å². The van der Waals surface area contributed by atoms with Crippen LogP contribution in [0, 0.1) is 30.2 Å². The number of nitrogens with zero attached hydrogens (tertiary/aromatic N) is 1. The molecule has 0 unspecified atom stereocenters. The van der Waals surface area contributed by atoms with E-state index in [1.807, 2.05) is 0 Å². The summed E-state index contributed by atoms with van der Waals surface area (Å²) in [6.07, 6.45) is 7.28. The maximum absolute atomic E-state index is 7.54. The summed E-state index contributed by atoms with van der Waals surface area (Å²) >= 11 is 0. The van der Waals surface area contributed by atoms with Crippen molar-refractivity contribution in [3.8, 4) is 0 Å². The van der Waals surface area contributed by atoms with E-state index in [2.05, 4.69) is 38.6 Å². The molecule has 94 valence electrons. The molecule has 0 bridgehead atoms. The number of allylic oxidation sites excluding steroid dienone is 2. The minimum atomic E-state index is -0.0900. The summed E-state index contributed by atoms with van der Waals surface area (Å²) in [4.78, 5) is 4.00. The molecule has 0 aromatic rings. The van der Waals surface area contributed by atoms with Gasteiger partial charge in [-0.25, -0.2) is 6.57 Å². The number of rotatable bonds is 1. The molecule has 1 nitrogen and oxygen atoms in total. The summed E-state index contributed by atoms with van der Waals surface area (Å²) in [5.41, 5.74) is 1.46. The maximum atomic E-state index is 7.54. The van der Waals surface area contributed by atoms with E-state index < -0.39 is 0 Å². The summed E-state index contributed by atoms with van der Waals surface area (Å²) in [5.74, 6) is 2.81. The zero-order valence-corrected chi connectivity index (χ0v) is 11.7. The summed E-state index contributed by atoms with van der Waals surface area (Å²) in [6.45, 7) is 16.7. The Hall–Kier alpha value is -0.770. The summed E-state index contributed by atoms with van der Waals surface area (Å²) in [7, 11) is 0. The fourth-order valence-electron chi connectivity index (χ4n) is 4.00. The second-order valence-corrected chi connectivity index (χ2v) is 6.65. The Kier molecular flexibility index (Phi) is 3.34. The van der Waals surface area contributed by atoms with Crippen LogP contribution >= 0.6 is 0 Å². The quantitative estimate of drug-likeness (QED) is 0.455. The average molecular weight is 231 g/mol. The van der Waals surface area contributed by atoms with E-state index in [4.69, 9.17) is 6.57 Å². The van der Waals surface area contributed by atoms with E-state index in [0.717, 1.165) is 18.3 Å².